The molecule has 140 valence electrons. The van der Waals surface area contributed by atoms with E-state index < -0.39 is 0 Å². The van der Waals surface area contributed by atoms with Crippen LogP contribution in [-0.2, 0) is 20.8 Å². The van der Waals surface area contributed by atoms with E-state index in [0.29, 0.717) is 18.5 Å². The number of aromatic nitrogens is 2. The SMILES string of the molecule is COC1CCCOC12CCN(C(=O)Cn1[nH]c3ccccc3c1=O)CC2. The van der Waals surface area contributed by atoms with Gasteiger partial charge in [-0.05, 0) is 37.8 Å². The molecule has 2 fully saturated rings. The number of hydrogen-bond donors (Lipinski definition) is 1. The summed E-state index contributed by atoms with van der Waals surface area (Å²) in [6.45, 7) is 2.06. The van der Waals surface area contributed by atoms with Gasteiger partial charge in [-0.2, -0.15) is 0 Å². The maximum atomic E-state index is 12.7. The molecule has 1 aromatic heterocycles. The molecule has 2 aliphatic heterocycles. The number of methoxy groups -OCH3 is 1. The fourth-order valence-corrected chi connectivity index (χ4v) is 4.29. The lowest BCUT2D eigenvalue weighted by Gasteiger charge is -2.48. The van der Waals surface area contributed by atoms with Crippen LogP contribution in [0.5, 0.6) is 0 Å². The fraction of sp³-hybridized carbons (Fsp3) is 0.579. The molecule has 2 saturated heterocycles. The van der Waals surface area contributed by atoms with Crippen molar-refractivity contribution in [1.82, 2.24) is 14.7 Å². The predicted octanol–water partition coefficient (Wildman–Crippen LogP) is 1.52. The largest absolute Gasteiger partial charge is 0.378 e. The molecular weight excluding hydrogens is 334 g/mol. The van der Waals surface area contributed by atoms with E-state index in [1.807, 2.05) is 23.1 Å². The Bertz CT molecular complexity index is 848. The summed E-state index contributed by atoms with van der Waals surface area (Å²) in [4.78, 5) is 26.9. The molecular formula is C19H25N3O4. The van der Waals surface area contributed by atoms with E-state index >= 15 is 0 Å². The summed E-state index contributed by atoms with van der Waals surface area (Å²) in [6.07, 6.45) is 3.68. The normalized spacial score (nSPS) is 22.8. The number of aromatic amines is 1. The number of likely N-dealkylation sites (tertiary alicyclic amines) is 1. The molecule has 0 radical (unpaired) electrons. The van der Waals surface area contributed by atoms with Crippen molar-refractivity contribution >= 4 is 16.8 Å². The first-order valence-electron chi connectivity index (χ1n) is 9.25. The van der Waals surface area contributed by atoms with E-state index in [4.69, 9.17) is 9.47 Å². The van der Waals surface area contributed by atoms with Crippen molar-refractivity contribution in [2.75, 3.05) is 26.8 Å². The number of H-pyrrole nitrogens is 1. The van der Waals surface area contributed by atoms with E-state index in [0.717, 1.165) is 37.8 Å². The number of hydrogen-bond acceptors (Lipinski definition) is 4. The van der Waals surface area contributed by atoms with Crippen LogP contribution in [0.3, 0.4) is 0 Å². The van der Waals surface area contributed by atoms with Crippen LogP contribution in [-0.4, -0.2) is 59.1 Å². The van der Waals surface area contributed by atoms with Crippen molar-refractivity contribution in [3.05, 3.63) is 34.6 Å². The summed E-state index contributed by atoms with van der Waals surface area (Å²) in [6, 6.07) is 7.30. The first-order valence-corrected chi connectivity index (χ1v) is 9.25. The van der Waals surface area contributed by atoms with Gasteiger partial charge in [0.1, 0.15) is 6.54 Å². The van der Waals surface area contributed by atoms with Gasteiger partial charge in [0.2, 0.25) is 5.91 Å². The van der Waals surface area contributed by atoms with Gasteiger partial charge in [0, 0.05) is 26.8 Å². The zero-order valence-electron chi connectivity index (χ0n) is 15.1. The van der Waals surface area contributed by atoms with Crippen LogP contribution in [0.2, 0.25) is 0 Å². The Morgan fingerprint density at radius 3 is 2.85 bits per heavy atom. The molecule has 2 aromatic rings. The first-order chi connectivity index (χ1) is 12.6. The molecule has 2 aliphatic rings. The van der Waals surface area contributed by atoms with Crippen LogP contribution in [0.1, 0.15) is 25.7 Å². The van der Waals surface area contributed by atoms with Gasteiger partial charge in [-0.3, -0.25) is 14.7 Å². The molecule has 1 amide bonds. The quantitative estimate of drug-likeness (QED) is 0.901. The number of para-hydroxylation sites is 1. The molecule has 0 bridgehead atoms. The molecule has 4 rings (SSSR count). The third-order valence-electron chi connectivity index (χ3n) is 5.79. The minimum absolute atomic E-state index is 0.0368. The number of ether oxygens (including phenoxy) is 2. The van der Waals surface area contributed by atoms with Crippen molar-refractivity contribution in [3.63, 3.8) is 0 Å². The second kappa shape index (κ2) is 6.89. The minimum atomic E-state index is -0.262. The number of fused-ring (bicyclic) bond motifs is 1. The van der Waals surface area contributed by atoms with Gasteiger partial charge >= 0.3 is 0 Å². The highest BCUT2D eigenvalue weighted by Gasteiger charge is 2.45. The lowest BCUT2D eigenvalue weighted by Crippen LogP contribution is -2.57. The highest BCUT2D eigenvalue weighted by Crippen LogP contribution is 2.36. The third-order valence-corrected chi connectivity index (χ3v) is 5.79. The van der Waals surface area contributed by atoms with Crippen LogP contribution >= 0.6 is 0 Å². The van der Waals surface area contributed by atoms with Gasteiger partial charge in [-0.25, -0.2) is 4.68 Å². The van der Waals surface area contributed by atoms with Gasteiger partial charge < -0.3 is 14.4 Å². The number of benzene rings is 1. The van der Waals surface area contributed by atoms with Crippen molar-refractivity contribution in [2.45, 2.75) is 43.9 Å². The van der Waals surface area contributed by atoms with Gasteiger partial charge in [-0.1, -0.05) is 12.1 Å². The molecule has 1 atom stereocenters. The zero-order valence-corrected chi connectivity index (χ0v) is 15.1. The molecule has 0 aliphatic carbocycles. The van der Waals surface area contributed by atoms with Crippen LogP contribution < -0.4 is 5.56 Å². The van der Waals surface area contributed by atoms with E-state index in [-0.39, 0.29) is 29.7 Å². The molecule has 1 N–H and O–H groups in total. The van der Waals surface area contributed by atoms with Crippen molar-refractivity contribution in [1.29, 1.82) is 0 Å². The van der Waals surface area contributed by atoms with Crippen molar-refractivity contribution in [3.8, 4) is 0 Å². The first kappa shape index (κ1) is 17.3. The number of piperidine rings is 1. The van der Waals surface area contributed by atoms with Crippen LogP contribution in [0, 0.1) is 0 Å². The summed E-state index contributed by atoms with van der Waals surface area (Å²) < 4.78 is 13.1. The van der Waals surface area contributed by atoms with Gasteiger partial charge in [0.05, 0.1) is 22.6 Å². The van der Waals surface area contributed by atoms with Gasteiger partial charge in [0.15, 0.2) is 0 Å². The molecule has 7 heteroatoms. The lowest BCUT2D eigenvalue weighted by atomic mass is 9.82. The standard InChI is InChI=1S/C19H25N3O4/c1-25-16-7-4-12-26-19(16)8-10-21(11-9-19)17(23)13-22-18(24)14-5-2-3-6-15(14)20-22/h2-3,5-6,16,20H,4,7-13H2,1H3. The molecule has 1 spiro atoms. The Kier molecular flexibility index (Phi) is 4.58. The monoisotopic (exact) mass is 359 g/mol. The zero-order chi connectivity index (χ0) is 18.1. The lowest BCUT2D eigenvalue weighted by molar-refractivity contribution is -0.188. The Labute approximate surface area is 151 Å². The predicted molar refractivity (Wildman–Crippen MR) is 97.1 cm³/mol. The smallest absolute Gasteiger partial charge is 0.274 e. The summed E-state index contributed by atoms with van der Waals surface area (Å²) in [5.74, 6) is -0.0433. The highest BCUT2D eigenvalue weighted by atomic mass is 16.5. The molecule has 26 heavy (non-hydrogen) atoms. The third kappa shape index (κ3) is 2.95. The second-order valence-electron chi connectivity index (χ2n) is 7.21. The number of nitrogens with one attached hydrogen (secondary N) is 1. The maximum Gasteiger partial charge on any atom is 0.274 e. The van der Waals surface area contributed by atoms with Crippen molar-refractivity contribution < 1.29 is 14.3 Å². The van der Waals surface area contributed by atoms with Gasteiger partial charge in [-0.15, -0.1) is 0 Å². The highest BCUT2D eigenvalue weighted by molar-refractivity contribution is 5.79. The topological polar surface area (TPSA) is 76.6 Å². The van der Waals surface area contributed by atoms with Crippen LogP contribution in [0.15, 0.2) is 29.1 Å². The fourth-order valence-electron chi connectivity index (χ4n) is 4.29. The molecule has 1 aromatic carbocycles. The minimum Gasteiger partial charge on any atom is -0.378 e. The van der Waals surface area contributed by atoms with Crippen LogP contribution in [0.4, 0.5) is 0 Å². The molecule has 0 saturated carbocycles. The van der Waals surface area contributed by atoms with Gasteiger partial charge in [0.25, 0.3) is 5.56 Å². The second-order valence-corrected chi connectivity index (χ2v) is 7.21. The Hall–Kier alpha value is -2.12. The number of rotatable bonds is 3. The summed E-state index contributed by atoms with van der Waals surface area (Å²) >= 11 is 0. The van der Waals surface area contributed by atoms with Crippen LogP contribution in [0.25, 0.3) is 10.9 Å². The summed E-state index contributed by atoms with van der Waals surface area (Å²) in [5, 5.41) is 3.63. The Morgan fingerprint density at radius 2 is 2.12 bits per heavy atom. The van der Waals surface area contributed by atoms with E-state index in [9.17, 15) is 9.59 Å². The van der Waals surface area contributed by atoms with Crippen molar-refractivity contribution in [2.24, 2.45) is 0 Å². The van der Waals surface area contributed by atoms with E-state index in [1.165, 1.54) is 4.68 Å². The average Bonchev–Trinajstić information content (AvgIpc) is 2.98. The maximum absolute atomic E-state index is 12.7. The number of nitrogens with zero attached hydrogens (tertiary/aromatic N) is 2. The number of amides is 1. The average molecular weight is 359 g/mol. The molecule has 1 unspecified atom stereocenters. The number of carbonyl (C=O) groups is 1. The van der Waals surface area contributed by atoms with E-state index in [2.05, 4.69) is 5.10 Å². The summed E-state index contributed by atoms with van der Waals surface area (Å²) in [7, 11) is 1.74. The Balaban J connectivity index is 1.43. The molecule has 7 nitrogen and oxygen atoms in total. The summed E-state index contributed by atoms with van der Waals surface area (Å²) in [5.41, 5.74) is 0.334. The molecule has 3 heterocycles. The Morgan fingerprint density at radius 1 is 1.35 bits per heavy atom. The number of carbonyl (C=O) groups excluding carboxylic acids is 1. The van der Waals surface area contributed by atoms with E-state index in [1.54, 1.807) is 13.2 Å².